The highest BCUT2D eigenvalue weighted by molar-refractivity contribution is 7.91. The molecule has 0 bridgehead atoms. The minimum absolute atomic E-state index is 0.960. The first-order chi connectivity index (χ1) is 29.8. The van der Waals surface area contributed by atoms with Crippen LogP contribution in [0.4, 0.5) is 5.69 Å². The molecule has 0 fully saturated rings. The Hall–Kier alpha value is -2.81. The molecule has 1 nitrogen and oxygen atoms in total. The van der Waals surface area contributed by atoms with E-state index in [4.69, 9.17) is 0 Å². The summed E-state index contributed by atoms with van der Waals surface area (Å²) >= 11 is 0. The van der Waals surface area contributed by atoms with E-state index in [0.29, 0.717) is 0 Å². The van der Waals surface area contributed by atoms with Crippen molar-refractivity contribution in [3.63, 3.8) is 0 Å². The molecule has 2 atom stereocenters. The van der Waals surface area contributed by atoms with Crippen LogP contribution in [0.5, 0.6) is 0 Å². The molecule has 2 unspecified atom stereocenters. The topological polar surface area (TPSA) is 3.24 Å². The molecule has 0 spiro atoms. The first-order valence-electron chi connectivity index (χ1n) is 24.6. The predicted molar refractivity (Wildman–Crippen MR) is 286 cm³/mol. The summed E-state index contributed by atoms with van der Waals surface area (Å²) in [6, 6.07) is 59.6. The number of anilines is 1. The molecule has 0 aliphatic carbocycles. The molecule has 0 aliphatic rings. The maximum Gasteiger partial charge on any atom is 0.0867 e. The molecule has 0 radical (unpaired) electrons. The van der Waals surface area contributed by atoms with Crippen LogP contribution in [0.3, 0.4) is 0 Å². The molecule has 0 aliphatic heterocycles. The van der Waals surface area contributed by atoms with Gasteiger partial charge in [0.05, 0.1) is 32.3 Å². The van der Waals surface area contributed by atoms with E-state index >= 15 is 0 Å². The van der Waals surface area contributed by atoms with Gasteiger partial charge in [0.1, 0.15) is 0 Å². The Morgan fingerprint density at radius 3 is 0.951 bits per heavy atom. The largest absolute Gasteiger partial charge is 0.313 e. The molecule has 0 N–H and O–H groups in total. The smallest absolute Gasteiger partial charge is 0.0867 e. The fourth-order valence-electron chi connectivity index (χ4n) is 9.80. The van der Waals surface area contributed by atoms with Crippen molar-refractivity contribution in [3.8, 4) is 0 Å². The highest BCUT2D eigenvalue weighted by atomic mass is 31.2. The van der Waals surface area contributed by atoms with Crippen molar-refractivity contribution in [3.05, 3.63) is 139 Å². The van der Waals surface area contributed by atoms with Crippen LogP contribution in [0.25, 0.3) is 0 Å². The Morgan fingerprint density at radius 2 is 0.656 bits per heavy atom. The standard InChI is InChI=1S/C56H81NP2Si2/c1-9-15-42-60(43-16-10-2,44-17-11-3)53-38-34-51(35-39-53)58(55-32-26-24-28-48(55)7)57(50-30-22-21-23-31-50)59(56-33-27-25-29-49(56)8)52-36-40-54(41-37-52)61(45-18-12-4,46-19-13-5)47-20-14-6/h21-41H,9-20,42-47H2,1-8H3. The molecule has 0 saturated heterocycles. The number of aryl methyl sites for hydroxylation is 2. The average molecular weight is 886 g/mol. The van der Waals surface area contributed by atoms with E-state index in [9.17, 15) is 0 Å². The lowest BCUT2D eigenvalue weighted by Gasteiger charge is -2.42. The molecule has 0 amide bonds. The van der Waals surface area contributed by atoms with Crippen molar-refractivity contribution >= 4 is 69.6 Å². The van der Waals surface area contributed by atoms with Crippen molar-refractivity contribution in [1.82, 2.24) is 0 Å². The number of hydrogen-bond donors (Lipinski definition) is 0. The van der Waals surface area contributed by atoms with Gasteiger partial charge in [0.25, 0.3) is 0 Å². The molecule has 0 heterocycles. The number of rotatable bonds is 27. The van der Waals surface area contributed by atoms with Crippen LogP contribution in [-0.4, -0.2) is 16.1 Å². The zero-order chi connectivity index (χ0) is 43.5. The summed E-state index contributed by atoms with van der Waals surface area (Å²) in [4.78, 5) is 0. The van der Waals surface area contributed by atoms with Gasteiger partial charge in [-0.05, 0) is 37.1 Å². The van der Waals surface area contributed by atoms with Crippen LogP contribution >= 0.6 is 16.1 Å². The fraction of sp³-hybridized carbons (Fsp3) is 0.464. The second-order valence-corrected chi connectivity index (χ2v) is 31.7. The number of nitrogens with zero attached hydrogens (tertiary/aromatic N) is 1. The van der Waals surface area contributed by atoms with E-state index < -0.39 is 32.3 Å². The molecule has 328 valence electrons. The lowest BCUT2D eigenvalue weighted by Crippen LogP contribution is -2.48. The number of hydrogen-bond acceptors (Lipinski definition) is 1. The molecular weight excluding hydrogens is 805 g/mol. The molecule has 0 saturated carbocycles. The maximum atomic E-state index is 2.92. The number of unbranched alkanes of at least 4 members (excludes halogenated alkanes) is 6. The molecule has 5 heteroatoms. The van der Waals surface area contributed by atoms with Gasteiger partial charge in [0.2, 0.25) is 0 Å². The molecule has 0 aromatic heterocycles. The van der Waals surface area contributed by atoms with E-state index in [2.05, 4.69) is 187 Å². The van der Waals surface area contributed by atoms with E-state index in [-0.39, 0.29) is 0 Å². The zero-order valence-corrected chi connectivity index (χ0v) is 43.5. The fourth-order valence-corrected chi connectivity index (χ4v) is 27.1. The van der Waals surface area contributed by atoms with Gasteiger partial charge in [-0.3, -0.25) is 0 Å². The Morgan fingerprint density at radius 1 is 0.361 bits per heavy atom. The lowest BCUT2D eigenvalue weighted by atomic mass is 10.2. The Kier molecular flexibility index (Phi) is 20.6. The van der Waals surface area contributed by atoms with Crippen LogP contribution in [0.15, 0.2) is 127 Å². The van der Waals surface area contributed by atoms with Gasteiger partial charge in [-0.15, -0.1) is 0 Å². The minimum Gasteiger partial charge on any atom is -0.313 e. The number of para-hydroxylation sites is 1. The quantitative estimate of drug-likeness (QED) is 0.0375. The first kappa shape index (κ1) is 49.2. The lowest BCUT2D eigenvalue weighted by molar-refractivity contribution is 0.800. The van der Waals surface area contributed by atoms with Gasteiger partial charge >= 0.3 is 0 Å². The van der Waals surface area contributed by atoms with Gasteiger partial charge in [-0.25, -0.2) is 0 Å². The van der Waals surface area contributed by atoms with Gasteiger partial charge in [0, 0.05) is 26.9 Å². The monoisotopic (exact) mass is 886 g/mol. The van der Waals surface area contributed by atoms with Crippen molar-refractivity contribution in [2.45, 2.75) is 169 Å². The van der Waals surface area contributed by atoms with E-state index in [1.54, 1.807) is 10.4 Å². The van der Waals surface area contributed by atoms with Gasteiger partial charge in [0.15, 0.2) is 0 Å². The third-order valence-electron chi connectivity index (χ3n) is 13.6. The van der Waals surface area contributed by atoms with Crippen molar-refractivity contribution in [2.24, 2.45) is 0 Å². The summed E-state index contributed by atoms with van der Waals surface area (Å²) in [6.45, 7) is 19.0. The molecule has 61 heavy (non-hydrogen) atoms. The van der Waals surface area contributed by atoms with Gasteiger partial charge in [-0.1, -0.05) is 280 Å². The first-order valence-corrected chi connectivity index (χ1v) is 32.4. The average Bonchev–Trinajstić information content (AvgIpc) is 3.30. The number of benzene rings is 5. The summed E-state index contributed by atoms with van der Waals surface area (Å²) in [6.07, 6.45) is 15.9. The highest BCUT2D eigenvalue weighted by Crippen LogP contribution is 2.57. The van der Waals surface area contributed by atoms with Gasteiger partial charge < -0.3 is 4.44 Å². The minimum atomic E-state index is -1.65. The van der Waals surface area contributed by atoms with Crippen LogP contribution < -0.4 is 36.0 Å². The second kappa shape index (κ2) is 25.5. The zero-order valence-electron chi connectivity index (χ0n) is 39.7. The van der Waals surface area contributed by atoms with E-state index in [1.807, 2.05) is 0 Å². The van der Waals surface area contributed by atoms with Crippen LogP contribution in [0, 0.1) is 13.8 Å². The third kappa shape index (κ3) is 12.7. The van der Waals surface area contributed by atoms with Crippen molar-refractivity contribution in [2.75, 3.05) is 4.44 Å². The summed E-state index contributed by atoms with van der Waals surface area (Å²) in [5, 5.41) is 9.26. The van der Waals surface area contributed by atoms with Crippen molar-refractivity contribution in [1.29, 1.82) is 0 Å². The summed E-state index contributed by atoms with van der Waals surface area (Å²) in [7, 11) is -5.23. The third-order valence-corrected chi connectivity index (χ3v) is 30.3. The van der Waals surface area contributed by atoms with Crippen LogP contribution in [0.1, 0.15) is 130 Å². The van der Waals surface area contributed by atoms with Crippen LogP contribution in [-0.2, 0) is 0 Å². The van der Waals surface area contributed by atoms with Crippen molar-refractivity contribution < 1.29 is 0 Å². The summed E-state index contributed by atoms with van der Waals surface area (Å²) < 4.78 is 2.92. The summed E-state index contributed by atoms with van der Waals surface area (Å²) in [5.74, 6) is 0. The predicted octanol–water partition coefficient (Wildman–Crippen LogP) is 15.3. The van der Waals surface area contributed by atoms with Crippen LogP contribution in [0.2, 0.25) is 36.3 Å². The SMILES string of the molecule is CCCC[Si](CCCC)(CCCC)c1ccc(P(c2ccccc2C)N(c2ccccc2)P(c2ccc([Si](CCCC)(CCCC)CCCC)cc2)c2ccccc2C)cc1. The molecule has 5 aromatic carbocycles. The van der Waals surface area contributed by atoms with E-state index in [0.717, 1.165) is 0 Å². The highest BCUT2D eigenvalue weighted by Gasteiger charge is 2.37. The molecule has 5 aromatic rings. The van der Waals surface area contributed by atoms with Gasteiger partial charge in [-0.2, -0.15) is 0 Å². The van der Waals surface area contributed by atoms with E-state index in [1.165, 1.54) is 151 Å². The summed E-state index contributed by atoms with van der Waals surface area (Å²) in [5.41, 5.74) is 4.07. The normalized spacial score (nSPS) is 13.0. The molecule has 5 rings (SSSR count). The molecular formula is C56H81NP2Si2. The Bertz CT molecular complexity index is 1810. The maximum absolute atomic E-state index is 2.92. The second-order valence-electron chi connectivity index (χ2n) is 18.1. The Labute approximate surface area is 379 Å². The Balaban J connectivity index is 1.76.